The molecule has 0 amide bonds. The van der Waals surface area contributed by atoms with Crippen LogP contribution >= 0.6 is 0 Å². The van der Waals surface area contributed by atoms with Gasteiger partial charge in [-0.15, -0.1) is 0 Å². The second kappa shape index (κ2) is 7.17. The van der Waals surface area contributed by atoms with Crippen molar-refractivity contribution in [1.29, 1.82) is 0 Å². The van der Waals surface area contributed by atoms with Crippen molar-refractivity contribution < 1.29 is 13.9 Å². The van der Waals surface area contributed by atoms with Gasteiger partial charge in [0.25, 0.3) is 5.56 Å². The Hall–Kier alpha value is -3.15. The molecule has 1 heterocycles. The van der Waals surface area contributed by atoms with E-state index in [1.165, 1.54) is 22.9 Å². The third-order valence-corrected chi connectivity index (χ3v) is 3.79. The van der Waals surface area contributed by atoms with Gasteiger partial charge in [-0.3, -0.25) is 4.79 Å². The number of benzene rings is 2. The summed E-state index contributed by atoms with van der Waals surface area (Å²) in [4.78, 5) is 12.1. The van der Waals surface area contributed by atoms with E-state index in [0.717, 1.165) is 11.1 Å². The van der Waals surface area contributed by atoms with Crippen LogP contribution in [0.2, 0.25) is 0 Å². The van der Waals surface area contributed by atoms with Gasteiger partial charge in [0.2, 0.25) is 0 Å². The van der Waals surface area contributed by atoms with Gasteiger partial charge in [-0.1, -0.05) is 12.1 Å². The Morgan fingerprint density at radius 3 is 2.44 bits per heavy atom. The molecule has 0 saturated carbocycles. The van der Waals surface area contributed by atoms with E-state index in [4.69, 9.17) is 9.47 Å². The van der Waals surface area contributed by atoms with E-state index in [2.05, 4.69) is 5.10 Å². The first-order valence-corrected chi connectivity index (χ1v) is 7.65. The van der Waals surface area contributed by atoms with Crippen molar-refractivity contribution in [3.63, 3.8) is 0 Å². The lowest BCUT2D eigenvalue weighted by molar-refractivity contribution is 0.404. The lowest BCUT2D eigenvalue weighted by Gasteiger charge is -2.12. The van der Waals surface area contributed by atoms with E-state index in [1.54, 1.807) is 50.6 Å². The summed E-state index contributed by atoms with van der Waals surface area (Å²) in [7, 11) is 3.15. The van der Waals surface area contributed by atoms with Gasteiger partial charge in [-0.2, -0.15) is 5.10 Å². The van der Waals surface area contributed by atoms with Crippen molar-refractivity contribution in [3.05, 3.63) is 76.3 Å². The number of nitrogens with zero attached hydrogens (tertiary/aromatic N) is 2. The third-order valence-electron chi connectivity index (χ3n) is 3.79. The summed E-state index contributed by atoms with van der Waals surface area (Å²) in [5.74, 6) is 0.966. The predicted molar refractivity (Wildman–Crippen MR) is 92.5 cm³/mol. The van der Waals surface area contributed by atoms with Crippen LogP contribution in [0.5, 0.6) is 11.5 Å². The van der Waals surface area contributed by atoms with E-state index >= 15 is 0 Å². The lowest BCUT2D eigenvalue weighted by atomic mass is 10.1. The van der Waals surface area contributed by atoms with Gasteiger partial charge in [-0.25, -0.2) is 9.07 Å². The Labute approximate surface area is 144 Å². The minimum atomic E-state index is -0.320. The highest BCUT2D eigenvalue weighted by Gasteiger charge is 2.11. The summed E-state index contributed by atoms with van der Waals surface area (Å²) < 4.78 is 25.0. The van der Waals surface area contributed by atoms with E-state index in [0.29, 0.717) is 17.2 Å². The maximum atomic E-state index is 13.0. The van der Waals surface area contributed by atoms with Gasteiger partial charge < -0.3 is 9.47 Å². The molecular weight excluding hydrogens is 323 g/mol. The number of rotatable bonds is 5. The number of methoxy groups -OCH3 is 2. The summed E-state index contributed by atoms with van der Waals surface area (Å²) in [5.41, 5.74) is 1.84. The summed E-state index contributed by atoms with van der Waals surface area (Å²) in [6.07, 6.45) is 0. The van der Waals surface area contributed by atoms with E-state index in [9.17, 15) is 9.18 Å². The minimum absolute atomic E-state index is 0.241. The molecule has 2 aromatic carbocycles. The van der Waals surface area contributed by atoms with Gasteiger partial charge in [0.05, 0.1) is 26.5 Å². The maximum absolute atomic E-state index is 13.0. The summed E-state index contributed by atoms with van der Waals surface area (Å²) >= 11 is 0. The molecule has 25 heavy (non-hydrogen) atoms. The minimum Gasteiger partial charge on any atom is -0.497 e. The monoisotopic (exact) mass is 340 g/mol. The van der Waals surface area contributed by atoms with Gasteiger partial charge in [0.1, 0.15) is 17.3 Å². The fourth-order valence-corrected chi connectivity index (χ4v) is 2.48. The van der Waals surface area contributed by atoms with Crippen LogP contribution in [0.3, 0.4) is 0 Å². The maximum Gasteiger partial charge on any atom is 0.267 e. The Morgan fingerprint density at radius 2 is 1.76 bits per heavy atom. The molecule has 5 nitrogen and oxygen atoms in total. The first-order valence-electron chi connectivity index (χ1n) is 7.65. The van der Waals surface area contributed by atoms with Crippen molar-refractivity contribution in [2.24, 2.45) is 0 Å². The molecular formula is C19H17FN2O3. The average Bonchev–Trinajstić information content (AvgIpc) is 2.64. The molecule has 0 aliphatic carbocycles. The zero-order chi connectivity index (χ0) is 17.8. The fraction of sp³-hybridized carbons (Fsp3) is 0.158. The first-order chi connectivity index (χ1) is 12.1. The van der Waals surface area contributed by atoms with Gasteiger partial charge >= 0.3 is 0 Å². The summed E-state index contributed by atoms with van der Waals surface area (Å²) in [5, 5.41) is 4.42. The number of ether oxygens (including phenoxy) is 2. The van der Waals surface area contributed by atoms with E-state index in [-0.39, 0.29) is 17.9 Å². The molecule has 1 aromatic heterocycles. The second-order valence-corrected chi connectivity index (χ2v) is 5.41. The summed E-state index contributed by atoms with van der Waals surface area (Å²) in [6.45, 7) is 0.249. The predicted octanol–water partition coefficient (Wildman–Crippen LogP) is 3.11. The van der Waals surface area contributed by atoms with Crippen LogP contribution in [-0.4, -0.2) is 24.0 Å². The van der Waals surface area contributed by atoms with E-state index in [1.807, 2.05) is 0 Å². The Bertz CT molecular complexity index is 936. The van der Waals surface area contributed by atoms with Gasteiger partial charge in [0, 0.05) is 11.6 Å². The van der Waals surface area contributed by atoms with Crippen LogP contribution in [0.1, 0.15) is 5.56 Å². The van der Waals surface area contributed by atoms with Gasteiger partial charge in [0.15, 0.2) is 0 Å². The highest BCUT2D eigenvalue weighted by Crippen LogP contribution is 2.31. The van der Waals surface area contributed by atoms with Crippen LogP contribution < -0.4 is 15.0 Å². The molecule has 3 aromatic rings. The topological polar surface area (TPSA) is 53.4 Å². The van der Waals surface area contributed by atoms with Crippen molar-refractivity contribution in [1.82, 2.24) is 9.78 Å². The molecule has 0 bridgehead atoms. The van der Waals surface area contributed by atoms with Crippen LogP contribution in [-0.2, 0) is 6.54 Å². The molecule has 0 atom stereocenters. The van der Waals surface area contributed by atoms with E-state index < -0.39 is 0 Å². The molecule has 128 valence electrons. The quantitative estimate of drug-likeness (QED) is 0.716. The second-order valence-electron chi connectivity index (χ2n) is 5.41. The van der Waals surface area contributed by atoms with Crippen LogP contribution in [0.25, 0.3) is 11.3 Å². The number of hydrogen-bond donors (Lipinski definition) is 0. The SMILES string of the molecule is COc1ccc(OC)c(-c2ccc(=O)n(Cc3ccc(F)cc3)n2)c1. The number of halogens is 1. The Kier molecular flexibility index (Phi) is 4.79. The molecule has 0 saturated heterocycles. The van der Waals surface area contributed by atoms with Crippen LogP contribution in [0.4, 0.5) is 4.39 Å². The first kappa shape index (κ1) is 16.7. The smallest absolute Gasteiger partial charge is 0.267 e. The summed E-state index contributed by atoms with van der Waals surface area (Å²) in [6, 6.07) is 14.4. The zero-order valence-electron chi connectivity index (χ0n) is 13.9. The molecule has 6 heteroatoms. The number of hydrogen-bond acceptors (Lipinski definition) is 4. The molecule has 0 N–H and O–H groups in total. The van der Waals surface area contributed by atoms with Gasteiger partial charge in [-0.05, 0) is 42.0 Å². The third kappa shape index (κ3) is 3.68. The fourth-order valence-electron chi connectivity index (χ4n) is 2.48. The molecule has 0 aliphatic heterocycles. The molecule has 0 radical (unpaired) electrons. The molecule has 0 unspecified atom stereocenters. The molecule has 0 fully saturated rings. The van der Waals surface area contributed by atoms with Crippen molar-refractivity contribution in [3.8, 4) is 22.8 Å². The number of aromatic nitrogens is 2. The molecule has 0 spiro atoms. The molecule has 0 aliphatic rings. The largest absolute Gasteiger partial charge is 0.497 e. The standard InChI is InChI=1S/C19H17FN2O3/c1-24-15-7-9-18(25-2)16(11-15)17-8-10-19(23)22(21-17)12-13-3-5-14(20)6-4-13/h3-11H,12H2,1-2H3. The lowest BCUT2D eigenvalue weighted by Crippen LogP contribution is -2.22. The van der Waals surface area contributed by atoms with Crippen LogP contribution in [0, 0.1) is 5.82 Å². The molecule has 3 rings (SSSR count). The van der Waals surface area contributed by atoms with Crippen molar-refractivity contribution in [2.45, 2.75) is 6.54 Å². The zero-order valence-corrected chi connectivity index (χ0v) is 13.9. The van der Waals surface area contributed by atoms with Crippen LogP contribution in [0.15, 0.2) is 59.4 Å². The van der Waals surface area contributed by atoms with Crippen molar-refractivity contribution >= 4 is 0 Å². The Balaban J connectivity index is 2.02. The van der Waals surface area contributed by atoms with Crippen molar-refractivity contribution in [2.75, 3.05) is 14.2 Å². The Morgan fingerprint density at radius 1 is 1.00 bits per heavy atom. The highest BCUT2D eigenvalue weighted by atomic mass is 19.1. The highest BCUT2D eigenvalue weighted by molar-refractivity contribution is 5.68. The normalized spacial score (nSPS) is 10.5. The average molecular weight is 340 g/mol.